The summed E-state index contributed by atoms with van der Waals surface area (Å²) in [4.78, 5) is 16.1. The first-order valence-electron chi connectivity index (χ1n) is 9.97. The van der Waals surface area contributed by atoms with E-state index in [2.05, 4.69) is 38.6 Å². The second-order valence-corrected chi connectivity index (χ2v) is 8.24. The lowest BCUT2D eigenvalue weighted by molar-refractivity contribution is 0.166. The predicted octanol–water partition coefficient (Wildman–Crippen LogP) is 2.93. The highest BCUT2D eigenvalue weighted by Crippen LogP contribution is 2.45. The zero-order valence-corrected chi connectivity index (χ0v) is 16.0. The van der Waals surface area contributed by atoms with Gasteiger partial charge in [-0.25, -0.2) is 4.98 Å². The van der Waals surface area contributed by atoms with E-state index in [0.29, 0.717) is 11.8 Å². The van der Waals surface area contributed by atoms with Crippen molar-refractivity contribution < 1.29 is 4.52 Å². The molecule has 0 bridgehead atoms. The molecule has 7 heteroatoms. The molecule has 0 amide bonds. The summed E-state index contributed by atoms with van der Waals surface area (Å²) in [5.41, 5.74) is 2.12. The van der Waals surface area contributed by atoms with Gasteiger partial charge in [-0.3, -0.25) is 9.88 Å². The first-order valence-corrected chi connectivity index (χ1v) is 9.97. The van der Waals surface area contributed by atoms with Gasteiger partial charge in [0, 0.05) is 25.6 Å². The molecule has 1 saturated carbocycles. The Morgan fingerprint density at radius 3 is 2.78 bits per heavy atom. The highest BCUT2D eigenvalue weighted by atomic mass is 16.5. The molecule has 2 unspecified atom stereocenters. The number of fused-ring (bicyclic) bond motifs is 1. The minimum Gasteiger partial charge on any atom is -0.339 e. The molecule has 1 aliphatic carbocycles. The van der Waals surface area contributed by atoms with Crippen LogP contribution in [0.15, 0.2) is 23.0 Å². The molecule has 2 atom stereocenters. The van der Waals surface area contributed by atoms with Crippen LogP contribution in [0.4, 0.5) is 0 Å². The van der Waals surface area contributed by atoms with Crippen LogP contribution in [0.3, 0.4) is 0 Å². The first-order chi connectivity index (χ1) is 13.2. The van der Waals surface area contributed by atoms with E-state index in [-0.39, 0.29) is 0 Å². The topological polar surface area (TPSA) is 72.9 Å². The fourth-order valence-corrected chi connectivity index (χ4v) is 4.21. The van der Waals surface area contributed by atoms with Crippen molar-refractivity contribution in [2.45, 2.75) is 45.1 Å². The lowest BCUT2D eigenvalue weighted by Gasteiger charge is -2.31. The predicted molar refractivity (Wildman–Crippen MR) is 101 cm³/mol. The molecule has 4 heterocycles. The Morgan fingerprint density at radius 1 is 1.22 bits per heavy atom. The smallest absolute Gasteiger partial charge is 0.226 e. The van der Waals surface area contributed by atoms with Crippen molar-refractivity contribution in [2.24, 2.45) is 18.9 Å². The fourth-order valence-electron chi connectivity index (χ4n) is 4.21. The molecule has 5 rings (SSSR count). The Labute approximate surface area is 158 Å². The Morgan fingerprint density at radius 2 is 2.04 bits per heavy atom. The molecular weight excluding hydrogens is 340 g/mol. The maximum atomic E-state index is 5.49. The molecule has 3 aromatic heterocycles. The Kier molecular flexibility index (Phi) is 4.19. The number of piperidine rings is 1. The third-order valence-corrected chi connectivity index (χ3v) is 6.24. The lowest BCUT2D eigenvalue weighted by atomic mass is 9.93. The van der Waals surface area contributed by atoms with Crippen LogP contribution in [0.5, 0.6) is 0 Å². The summed E-state index contributed by atoms with van der Waals surface area (Å²) in [5, 5.41) is 4.18. The summed E-state index contributed by atoms with van der Waals surface area (Å²) in [6.45, 7) is 5.32. The van der Waals surface area contributed by atoms with Crippen LogP contribution in [0.2, 0.25) is 0 Å². The number of nitrogens with zero attached hydrogens (tertiary/aromatic N) is 6. The van der Waals surface area contributed by atoms with Gasteiger partial charge in [-0.2, -0.15) is 4.98 Å². The second-order valence-electron chi connectivity index (χ2n) is 8.24. The van der Waals surface area contributed by atoms with Crippen LogP contribution >= 0.6 is 0 Å². The molecule has 142 valence electrons. The van der Waals surface area contributed by atoms with Gasteiger partial charge in [0.1, 0.15) is 5.82 Å². The number of hydrogen-bond acceptors (Lipinski definition) is 6. The Balaban J connectivity index is 1.16. The summed E-state index contributed by atoms with van der Waals surface area (Å²) >= 11 is 0. The van der Waals surface area contributed by atoms with Crippen molar-refractivity contribution in [3.8, 4) is 0 Å². The summed E-state index contributed by atoms with van der Waals surface area (Å²) in [5.74, 6) is 4.74. The molecule has 0 radical (unpaired) electrons. The van der Waals surface area contributed by atoms with Gasteiger partial charge < -0.3 is 9.09 Å². The van der Waals surface area contributed by atoms with Gasteiger partial charge in [-0.1, -0.05) is 12.1 Å². The zero-order chi connectivity index (χ0) is 18.4. The van der Waals surface area contributed by atoms with E-state index in [9.17, 15) is 0 Å². The van der Waals surface area contributed by atoms with Gasteiger partial charge in [0.2, 0.25) is 5.89 Å². The molecule has 7 nitrogen and oxygen atoms in total. The lowest BCUT2D eigenvalue weighted by Crippen LogP contribution is -2.34. The highest BCUT2D eigenvalue weighted by Gasteiger charge is 2.38. The molecule has 0 N–H and O–H groups in total. The number of pyridine rings is 1. The monoisotopic (exact) mass is 366 g/mol. The maximum Gasteiger partial charge on any atom is 0.226 e. The normalized spacial score (nSPS) is 23.9. The molecule has 1 saturated heterocycles. The zero-order valence-electron chi connectivity index (χ0n) is 16.0. The molecule has 2 aliphatic rings. The number of hydrogen-bond donors (Lipinski definition) is 0. The molecular formula is C20H26N6O. The standard InChI is InChI=1S/C20H26N6O/c1-13-9-15(13)20-23-19(27-24-20)10-14-4-7-26(8-5-14)12-18-22-16-3-6-21-11-17(16)25(18)2/h3,6,11,13-15H,4-5,7-10,12H2,1-2H3. The SMILES string of the molecule is CC1CC1c1noc(CC2CCN(Cc3nc4ccncc4n3C)CC2)n1. The van der Waals surface area contributed by atoms with Crippen molar-refractivity contribution >= 4 is 11.0 Å². The van der Waals surface area contributed by atoms with Crippen LogP contribution in [0.1, 0.15) is 49.6 Å². The van der Waals surface area contributed by atoms with Crippen molar-refractivity contribution in [2.75, 3.05) is 13.1 Å². The maximum absolute atomic E-state index is 5.49. The number of aromatic nitrogens is 5. The molecule has 0 spiro atoms. The van der Waals surface area contributed by atoms with E-state index in [1.165, 1.54) is 19.3 Å². The second kappa shape index (κ2) is 6.71. The van der Waals surface area contributed by atoms with Crippen molar-refractivity contribution in [3.63, 3.8) is 0 Å². The fraction of sp³-hybridized carbons (Fsp3) is 0.600. The summed E-state index contributed by atoms with van der Waals surface area (Å²) in [6, 6.07) is 1.98. The summed E-state index contributed by atoms with van der Waals surface area (Å²) in [6.07, 6.45) is 8.15. The van der Waals surface area contributed by atoms with Crippen molar-refractivity contribution in [1.82, 2.24) is 29.6 Å². The molecule has 3 aromatic rings. The van der Waals surface area contributed by atoms with Crippen LogP contribution in [0.25, 0.3) is 11.0 Å². The quantitative estimate of drug-likeness (QED) is 0.691. The highest BCUT2D eigenvalue weighted by molar-refractivity contribution is 5.74. The van der Waals surface area contributed by atoms with Crippen LogP contribution in [-0.4, -0.2) is 42.7 Å². The van der Waals surface area contributed by atoms with Gasteiger partial charge in [0.25, 0.3) is 0 Å². The number of rotatable bonds is 5. The minimum absolute atomic E-state index is 0.535. The molecule has 0 aromatic carbocycles. The van der Waals surface area contributed by atoms with Crippen molar-refractivity contribution in [3.05, 3.63) is 36.0 Å². The third-order valence-electron chi connectivity index (χ3n) is 6.24. The Bertz CT molecular complexity index is 939. The Hall–Kier alpha value is -2.28. The average Bonchev–Trinajstić information content (AvgIpc) is 3.10. The third kappa shape index (κ3) is 3.36. The average molecular weight is 366 g/mol. The van der Waals surface area contributed by atoms with Gasteiger partial charge in [0.15, 0.2) is 5.82 Å². The molecule has 2 fully saturated rings. The minimum atomic E-state index is 0.535. The van der Waals surface area contributed by atoms with E-state index in [4.69, 9.17) is 9.51 Å². The van der Waals surface area contributed by atoms with Crippen LogP contribution < -0.4 is 0 Å². The van der Waals surface area contributed by atoms with E-state index in [0.717, 1.165) is 60.5 Å². The van der Waals surface area contributed by atoms with Gasteiger partial charge >= 0.3 is 0 Å². The van der Waals surface area contributed by atoms with Crippen molar-refractivity contribution in [1.29, 1.82) is 0 Å². The summed E-state index contributed by atoms with van der Waals surface area (Å²) < 4.78 is 7.65. The number of aryl methyl sites for hydroxylation is 1. The number of likely N-dealkylation sites (tertiary alicyclic amines) is 1. The van der Waals surface area contributed by atoms with Crippen LogP contribution in [-0.2, 0) is 20.0 Å². The molecule has 27 heavy (non-hydrogen) atoms. The molecule has 1 aliphatic heterocycles. The van der Waals surface area contributed by atoms with Gasteiger partial charge in [-0.15, -0.1) is 0 Å². The largest absolute Gasteiger partial charge is 0.339 e. The van der Waals surface area contributed by atoms with E-state index < -0.39 is 0 Å². The first kappa shape index (κ1) is 16.9. The van der Waals surface area contributed by atoms with E-state index >= 15 is 0 Å². The summed E-state index contributed by atoms with van der Waals surface area (Å²) in [7, 11) is 2.08. The van der Waals surface area contributed by atoms with Gasteiger partial charge in [-0.05, 0) is 50.3 Å². The van der Waals surface area contributed by atoms with E-state index in [1.807, 2.05) is 12.3 Å². The van der Waals surface area contributed by atoms with Gasteiger partial charge in [0.05, 0.1) is 23.8 Å². The van der Waals surface area contributed by atoms with Crippen LogP contribution in [0, 0.1) is 11.8 Å². The number of imidazole rings is 1. The van der Waals surface area contributed by atoms with E-state index in [1.54, 1.807) is 6.20 Å².